The van der Waals surface area contributed by atoms with Gasteiger partial charge in [0.15, 0.2) is 16.1 Å². The highest BCUT2D eigenvalue weighted by molar-refractivity contribution is 7.15. The maximum atomic E-state index is 5.42. The number of hydrogen-bond acceptors (Lipinski definition) is 22. The first-order chi connectivity index (χ1) is 38.8. The lowest BCUT2D eigenvalue weighted by atomic mass is 10.1. The number of anilines is 2. The molecule has 82 heavy (non-hydrogen) atoms. The van der Waals surface area contributed by atoms with Crippen LogP contribution in [0.3, 0.4) is 0 Å². The van der Waals surface area contributed by atoms with Gasteiger partial charge in [-0.05, 0) is 85.3 Å². The fraction of sp³-hybridized carbons (Fsp3) is 0.585. The van der Waals surface area contributed by atoms with Crippen LogP contribution in [0.5, 0.6) is 0 Å². The van der Waals surface area contributed by atoms with E-state index >= 15 is 0 Å². The molecule has 0 radical (unpaired) electrons. The Balaban J connectivity index is 0.000000456. The predicted molar refractivity (Wildman–Crippen MR) is 330 cm³/mol. The van der Waals surface area contributed by atoms with Gasteiger partial charge in [0.05, 0.1) is 30.3 Å². The van der Waals surface area contributed by atoms with E-state index in [1.54, 1.807) is 58.4 Å². The van der Waals surface area contributed by atoms with Crippen molar-refractivity contribution in [3.63, 3.8) is 0 Å². The highest BCUT2D eigenvalue weighted by Gasteiger charge is 2.06. The Morgan fingerprint density at radius 2 is 1.32 bits per heavy atom. The lowest BCUT2D eigenvalue weighted by Crippen LogP contribution is -2.07. The zero-order valence-corrected chi connectivity index (χ0v) is 53.5. The van der Waals surface area contributed by atoms with Gasteiger partial charge in [0.1, 0.15) is 37.5 Å². The molecule has 0 spiro atoms. The molecule has 0 aromatic carbocycles. The number of aromatic amines is 5. The molecule has 1 aliphatic heterocycles. The summed E-state index contributed by atoms with van der Waals surface area (Å²) in [5, 5.41) is 61.1. The second-order valence-corrected chi connectivity index (χ2v) is 22.9. The summed E-state index contributed by atoms with van der Waals surface area (Å²) in [6, 6.07) is 2.78. The van der Waals surface area contributed by atoms with Gasteiger partial charge < -0.3 is 11.5 Å². The number of thiazole rings is 2. The number of aliphatic imine (C=N–C) groups is 2. The van der Waals surface area contributed by atoms with E-state index in [1.807, 2.05) is 57.7 Å². The minimum Gasteiger partial charge on any atom is -0.375 e. The first-order valence-electron chi connectivity index (χ1n) is 27.3. The number of H-pyrrole nitrogens is 5. The lowest BCUT2D eigenvalue weighted by molar-refractivity contribution is 0.514. The molecule has 10 rings (SSSR count). The zero-order valence-electron chi connectivity index (χ0n) is 51.8. The van der Waals surface area contributed by atoms with E-state index in [-0.39, 0.29) is 0 Å². The van der Waals surface area contributed by atoms with E-state index in [2.05, 4.69) is 228 Å². The largest absolute Gasteiger partial charge is 0.375 e. The van der Waals surface area contributed by atoms with Gasteiger partial charge in [0, 0.05) is 64.2 Å². The molecule has 0 bridgehead atoms. The fourth-order valence-corrected chi connectivity index (χ4v) is 6.62. The van der Waals surface area contributed by atoms with Gasteiger partial charge in [0.25, 0.3) is 0 Å². The van der Waals surface area contributed by atoms with Crippen LogP contribution in [0.2, 0.25) is 0 Å². The maximum Gasteiger partial charge on any atom is 0.180 e. The molecular formula is C53H93N27S2. The minimum absolute atomic E-state index is 0.366. The molecule has 27 nitrogen and oxygen atoms in total. The topological polar surface area (TPSA) is 372 Å². The summed E-state index contributed by atoms with van der Waals surface area (Å²) in [5.41, 5.74) is 16.6. The van der Waals surface area contributed by atoms with E-state index in [1.165, 1.54) is 39.5 Å². The quantitative estimate of drug-likeness (QED) is 0.0669. The Bertz CT molecular complexity index is 2400. The van der Waals surface area contributed by atoms with Crippen molar-refractivity contribution in [1.82, 2.24) is 117 Å². The molecule has 9 aromatic rings. The third kappa shape index (κ3) is 32.4. The van der Waals surface area contributed by atoms with Crippen molar-refractivity contribution in [2.24, 2.45) is 15.9 Å². The number of nitrogens with one attached hydrogen (secondary N) is 5. The first-order valence-corrected chi connectivity index (χ1v) is 29.0. The molecule has 1 aliphatic rings. The van der Waals surface area contributed by atoms with Gasteiger partial charge >= 0.3 is 0 Å². The van der Waals surface area contributed by atoms with Crippen LogP contribution in [-0.4, -0.2) is 135 Å². The number of tetrazole rings is 2. The SMILES string of the molecule is CC(C)C1=NC=NC1.CC(C)c1ccn[nH]1.CC(C)c1cn[nH]c1.CC(C)c1cn[nH]n1.CC(C)c1cnc(N)s1.CC(C)c1csc(N)n1.CC(C)c1ncn[nH]1.CC(C)c1nn[nH]n1.CC(C)n1cncn1.CC(C)n1cnnn1. The van der Waals surface area contributed by atoms with Gasteiger partial charge in [-0.15, -0.1) is 38.0 Å². The second kappa shape index (κ2) is 41.2. The van der Waals surface area contributed by atoms with Crippen LogP contribution in [0, 0.1) is 5.92 Å². The molecule has 452 valence electrons. The van der Waals surface area contributed by atoms with Crippen molar-refractivity contribution in [2.45, 2.75) is 192 Å². The van der Waals surface area contributed by atoms with Crippen LogP contribution in [0.25, 0.3) is 0 Å². The summed E-state index contributed by atoms with van der Waals surface area (Å²) in [5.74, 6) is 5.80. The van der Waals surface area contributed by atoms with Crippen molar-refractivity contribution in [1.29, 1.82) is 0 Å². The van der Waals surface area contributed by atoms with Gasteiger partial charge in [-0.25, -0.2) is 29.6 Å². The van der Waals surface area contributed by atoms with E-state index < -0.39 is 0 Å². The van der Waals surface area contributed by atoms with E-state index in [4.69, 9.17) is 11.5 Å². The van der Waals surface area contributed by atoms with Gasteiger partial charge in [-0.1, -0.05) is 116 Å². The normalized spacial score (nSPS) is 11.1. The number of nitrogen functional groups attached to an aromatic ring is 2. The highest BCUT2D eigenvalue weighted by atomic mass is 32.1. The number of hydrogen-bond donors (Lipinski definition) is 7. The molecule has 0 amide bonds. The summed E-state index contributed by atoms with van der Waals surface area (Å²) in [7, 11) is 0. The highest BCUT2D eigenvalue weighted by Crippen LogP contribution is 2.22. The van der Waals surface area contributed by atoms with Crippen molar-refractivity contribution < 1.29 is 0 Å². The average Bonchev–Trinajstić information content (AvgIpc) is 4.26. The predicted octanol–water partition coefficient (Wildman–Crippen LogP) is 11.2. The van der Waals surface area contributed by atoms with Crippen LogP contribution in [-0.2, 0) is 0 Å². The summed E-state index contributed by atoms with van der Waals surface area (Å²) in [6.45, 7) is 42.6. The third-order valence-electron chi connectivity index (χ3n) is 10.5. The summed E-state index contributed by atoms with van der Waals surface area (Å²) < 4.78 is 3.50. The van der Waals surface area contributed by atoms with E-state index in [9.17, 15) is 0 Å². The van der Waals surface area contributed by atoms with Gasteiger partial charge in [-0.3, -0.25) is 25.0 Å². The molecular weight excluding hydrogens is 1080 g/mol. The smallest absolute Gasteiger partial charge is 0.180 e. The Labute approximate surface area is 492 Å². The third-order valence-corrected chi connectivity index (χ3v) is 12.4. The summed E-state index contributed by atoms with van der Waals surface area (Å²) in [4.78, 5) is 25.1. The molecule has 9 N–H and O–H groups in total. The number of aromatic nitrogens is 23. The Morgan fingerprint density at radius 1 is 0.610 bits per heavy atom. The molecule has 29 heteroatoms. The van der Waals surface area contributed by atoms with E-state index in [0.717, 1.165) is 29.6 Å². The Kier molecular flexibility index (Phi) is 36.3. The molecule has 0 saturated heterocycles. The van der Waals surface area contributed by atoms with E-state index in [0.29, 0.717) is 69.7 Å². The molecule has 10 heterocycles. The molecule has 0 atom stereocenters. The monoisotopic (exact) mass is 1170 g/mol. The maximum absolute atomic E-state index is 5.42. The lowest BCUT2D eigenvalue weighted by Gasteiger charge is -2.00. The van der Waals surface area contributed by atoms with Crippen molar-refractivity contribution in [3.8, 4) is 0 Å². The molecule has 0 unspecified atom stereocenters. The number of nitrogens with two attached hydrogens (primary N) is 2. The molecule has 0 saturated carbocycles. The summed E-state index contributed by atoms with van der Waals surface area (Å²) in [6.07, 6.45) is 17.1. The zero-order chi connectivity index (χ0) is 61.6. The van der Waals surface area contributed by atoms with Crippen LogP contribution < -0.4 is 11.5 Å². The molecule has 9 aromatic heterocycles. The molecule has 0 aliphatic carbocycles. The summed E-state index contributed by atoms with van der Waals surface area (Å²) >= 11 is 3.06. The first kappa shape index (κ1) is 72.2. The Hall–Kier alpha value is -7.82. The minimum atomic E-state index is 0.366. The van der Waals surface area contributed by atoms with Gasteiger partial charge in [-0.2, -0.15) is 41.0 Å². The average molecular weight is 1170 g/mol. The Morgan fingerprint density at radius 3 is 1.56 bits per heavy atom. The fourth-order valence-electron chi connectivity index (χ4n) is 5.20. The number of nitrogens with zero attached hydrogens (tertiary/aromatic N) is 20. The van der Waals surface area contributed by atoms with Gasteiger partial charge in [0.2, 0.25) is 0 Å². The van der Waals surface area contributed by atoms with Crippen molar-refractivity contribution in [2.75, 3.05) is 18.0 Å². The van der Waals surface area contributed by atoms with Crippen molar-refractivity contribution >= 4 is 45.0 Å². The standard InChI is InChI=1S/2C6H10N2S.3C6H10N2.3C5H9N3.2C4H8N4/c1-4(2)5-3-9-6(7)8-5;1-4(2)5-3-8-6(7)9-5;1-5(2)6-3-7-4-8-6;1-5(2)6-3-7-8-4-6;1-5(2)6-3-4-7-8-6;1-5(2)8-4-6-3-7-8;1-4(2)5-6-3-7-8-5;1-4(2)5-3-6-8-7-5;1-4(2)8-3-5-6-7-8;1-3(2)4-5-7-8-6-4/h2*3-4H,1-2H3,(H2,7,8);4-5H,3H2,1-2H3;2*3-5H,1-2H3,(H,7,8);3-5H,1-2H3;2*3-4H,1-2H3,(H,6,7,8);3-4H,1-2H3;3H,1-2H3,(H,5,6,7,8). The van der Waals surface area contributed by atoms with Crippen molar-refractivity contribution in [3.05, 3.63) is 107 Å². The number of rotatable bonds is 10. The van der Waals surface area contributed by atoms with Crippen LogP contribution in [0.15, 0.2) is 77.7 Å². The molecule has 0 fully saturated rings. The van der Waals surface area contributed by atoms with Crippen LogP contribution >= 0.6 is 22.7 Å². The van der Waals surface area contributed by atoms with Crippen LogP contribution in [0.4, 0.5) is 10.3 Å². The van der Waals surface area contributed by atoms with Crippen LogP contribution in [0.1, 0.15) is 231 Å². The second-order valence-electron chi connectivity index (χ2n) is 21.0.